The van der Waals surface area contributed by atoms with Gasteiger partial charge >= 0.3 is 5.97 Å². The van der Waals surface area contributed by atoms with E-state index in [0.29, 0.717) is 6.42 Å². The number of hydrogen-bond donors (Lipinski definition) is 0. The molecule has 20 heavy (non-hydrogen) atoms. The minimum absolute atomic E-state index is 0.430. The van der Waals surface area contributed by atoms with E-state index in [1.165, 1.54) is 0 Å². The fourth-order valence-electron chi connectivity index (χ4n) is 1.83. The number of ether oxygens (including phenoxy) is 1. The molecule has 0 bridgehead atoms. The van der Waals surface area contributed by atoms with Gasteiger partial charge in [-0.2, -0.15) is 0 Å². The average molecular weight is 271 g/mol. The molecule has 0 N–H and O–H groups in total. The molecule has 0 aliphatic heterocycles. The lowest BCUT2D eigenvalue weighted by Crippen LogP contribution is -2.25. The van der Waals surface area contributed by atoms with Gasteiger partial charge in [0, 0.05) is 0 Å². The van der Waals surface area contributed by atoms with Crippen LogP contribution in [0.2, 0.25) is 0 Å². The molecule has 0 aliphatic rings. The minimum atomic E-state index is -1.06. The molecule has 0 heterocycles. The summed E-state index contributed by atoms with van der Waals surface area (Å²) in [6.07, 6.45) is 6.94. The summed E-state index contributed by atoms with van der Waals surface area (Å²) in [5.41, 5.74) is 0.438. The van der Waals surface area contributed by atoms with Crippen molar-refractivity contribution < 1.29 is 19.4 Å². The number of benzene rings is 1. The first-order chi connectivity index (χ1) is 9.47. The van der Waals surface area contributed by atoms with Crippen molar-refractivity contribution in [3.8, 4) is 12.5 Å². The largest absolute Gasteiger partial charge is 0.875 e. The number of terminal acetylenes is 1. The molecule has 0 radical (unpaired) electrons. The van der Waals surface area contributed by atoms with Crippen LogP contribution in [-0.2, 0) is 20.7 Å². The molecule has 1 atom stereocenters. The smallest absolute Gasteiger partial charge is 0.354 e. The van der Waals surface area contributed by atoms with Crippen molar-refractivity contribution in [2.75, 3.05) is 0 Å². The van der Waals surface area contributed by atoms with Gasteiger partial charge < -0.3 is 9.84 Å². The second-order valence-electron chi connectivity index (χ2n) is 4.39. The Morgan fingerprint density at radius 2 is 1.95 bits per heavy atom. The van der Waals surface area contributed by atoms with Crippen LogP contribution in [0.5, 0.6) is 0 Å². The third-order valence-corrected chi connectivity index (χ3v) is 2.79. The molecular weight excluding hydrogens is 256 g/mol. The Bertz CT molecular complexity index is 564. The zero-order valence-electron chi connectivity index (χ0n) is 11.4. The third-order valence-electron chi connectivity index (χ3n) is 2.79. The summed E-state index contributed by atoms with van der Waals surface area (Å²) < 4.78 is 4.30. The molecule has 0 spiro atoms. The zero-order chi connectivity index (χ0) is 15.1. The van der Waals surface area contributed by atoms with E-state index in [9.17, 15) is 14.7 Å². The van der Waals surface area contributed by atoms with Crippen molar-refractivity contribution in [2.24, 2.45) is 5.92 Å². The molecule has 1 aromatic rings. The van der Waals surface area contributed by atoms with Crippen molar-refractivity contribution in [1.29, 1.82) is 0 Å². The summed E-state index contributed by atoms with van der Waals surface area (Å²) in [5, 5.41) is 12.2. The maximum Gasteiger partial charge on any atom is 0.354 e. The van der Waals surface area contributed by atoms with Gasteiger partial charge in [-0.05, 0) is 24.8 Å². The van der Waals surface area contributed by atoms with E-state index in [1.807, 2.05) is 30.3 Å². The number of Topliss-reactive ketones (excluding diaryl/α,β-unsaturated/α-hetero) is 1. The molecular formula is C16H15O4-. The number of carbonyl (C=O) groups is 2. The van der Waals surface area contributed by atoms with E-state index in [1.54, 1.807) is 13.0 Å². The lowest BCUT2D eigenvalue weighted by molar-refractivity contribution is -0.315. The number of hydrogen-bond acceptors (Lipinski definition) is 4. The maximum absolute atomic E-state index is 12.2. The molecule has 0 amide bonds. The first-order valence-corrected chi connectivity index (χ1v) is 6.10. The van der Waals surface area contributed by atoms with Gasteiger partial charge in [-0.1, -0.05) is 43.7 Å². The first kappa shape index (κ1) is 15.5. The average Bonchev–Trinajstić information content (AvgIpc) is 2.39. The van der Waals surface area contributed by atoms with Crippen LogP contribution in [0.3, 0.4) is 0 Å². The Hall–Kier alpha value is -2.54. The van der Waals surface area contributed by atoms with Crippen molar-refractivity contribution in [3.63, 3.8) is 0 Å². The number of rotatable bonds is 5. The van der Waals surface area contributed by atoms with Gasteiger partial charge in [0.1, 0.15) is 6.11 Å². The highest BCUT2D eigenvalue weighted by Gasteiger charge is 2.19. The van der Waals surface area contributed by atoms with Crippen LogP contribution in [0.1, 0.15) is 19.4 Å². The second kappa shape index (κ2) is 7.15. The van der Waals surface area contributed by atoms with Crippen molar-refractivity contribution in [3.05, 3.63) is 47.2 Å². The number of carbonyl (C=O) groups excluding carboxylic acids is 2. The van der Waals surface area contributed by atoms with Gasteiger partial charge in [0.15, 0.2) is 5.78 Å². The van der Waals surface area contributed by atoms with Gasteiger partial charge in [0.25, 0.3) is 0 Å². The lowest BCUT2D eigenvalue weighted by atomic mass is 9.95. The van der Waals surface area contributed by atoms with Crippen LogP contribution in [0.4, 0.5) is 0 Å². The van der Waals surface area contributed by atoms with Crippen LogP contribution in [0.15, 0.2) is 41.7 Å². The van der Waals surface area contributed by atoms with Gasteiger partial charge in [-0.15, -0.1) is 5.76 Å². The van der Waals surface area contributed by atoms with Crippen LogP contribution in [-0.4, -0.2) is 11.8 Å². The van der Waals surface area contributed by atoms with E-state index in [-0.39, 0.29) is 0 Å². The number of ketones is 1. The van der Waals surface area contributed by atoms with E-state index < -0.39 is 29.0 Å². The van der Waals surface area contributed by atoms with E-state index in [4.69, 9.17) is 6.42 Å². The molecule has 0 fully saturated rings. The Morgan fingerprint density at radius 1 is 1.35 bits per heavy atom. The third kappa shape index (κ3) is 3.99. The van der Waals surface area contributed by atoms with Crippen molar-refractivity contribution in [2.45, 2.75) is 20.3 Å². The van der Waals surface area contributed by atoms with E-state index >= 15 is 0 Å². The summed E-state index contributed by atoms with van der Waals surface area (Å²) in [7, 11) is 0. The van der Waals surface area contributed by atoms with E-state index in [2.05, 4.69) is 4.74 Å². The molecule has 4 heteroatoms. The summed E-state index contributed by atoms with van der Waals surface area (Å²) in [6.45, 7) is 2.79. The predicted octanol–water partition coefficient (Wildman–Crippen LogP) is 1.20. The van der Waals surface area contributed by atoms with Gasteiger partial charge in [0.2, 0.25) is 0 Å². The van der Waals surface area contributed by atoms with Crippen LogP contribution >= 0.6 is 0 Å². The Kier molecular flexibility index (Phi) is 5.55. The first-order valence-electron chi connectivity index (χ1n) is 6.10. The molecule has 0 saturated heterocycles. The highest BCUT2D eigenvalue weighted by molar-refractivity contribution is 6.16. The van der Waals surface area contributed by atoms with Crippen LogP contribution in [0.25, 0.3) is 0 Å². The predicted molar refractivity (Wildman–Crippen MR) is 71.9 cm³/mol. The normalized spacial score (nSPS) is 12.8. The molecule has 1 unspecified atom stereocenters. The number of esters is 1. The van der Waals surface area contributed by atoms with Crippen molar-refractivity contribution in [1.82, 2.24) is 0 Å². The topological polar surface area (TPSA) is 66.4 Å². The SMILES string of the molecule is C#COC(=O)/C(C(C)=O)=C(/[O-])C(C)Cc1ccccc1. The van der Waals surface area contributed by atoms with Gasteiger partial charge in [-0.25, -0.2) is 4.79 Å². The molecule has 104 valence electrons. The maximum atomic E-state index is 12.2. The van der Waals surface area contributed by atoms with Crippen LogP contribution < -0.4 is 5.11 Å². The Balaban J connectivity index is 3.00. The highest BCUT2D eigenvalue weighted by Crippen LogP contribution is 2.17. The highest BCUT2D eigenvalue weighted by atomic mass is 16.5. The van der Waals surface area contributed by atoms with Crippen LogP contribution in [0, 0.1) is 18.4 Å². The fraction of sp³-hybridized carbons (Fsp3) is 0.250. The minimum Gasteiger partial charge on any atom is -0.875 e. The Labute approximate surface area is 118 Å². The summed E-state index contributed by atoms with van der Waals surface area (Å²) in [5.74, 6) is -2.77. The molecule has 0 aromatic heterocycles. The fourth-order valence-corrected chi connectivity index (χ4v) is 1.83. The summed E-state index contributed by atoms with van der Waals surface area (Å²) in [6, 6.07) is 9.32. The van der Waals surface area contributed by atoms with Gasteiger partial charge in [0.05, 0.1) is 5.57 Å². The second-order valence-corrected chi connectivity index (χ2v) is 4.39. The molecule has 1 rings (SSSR count). The number of allylic oxidation sites excluding steroid dienone is 1. The van der Waals surface area contributed by atoms with Crippen molar-refractivity contribution >= 4 is 11.8 Å². The quantitative estimate of drug-likeness (QED) is 0.201. The molecule has 0 saturated carbocycles. The molecule has 4 nitrogen and oxygen atoms in total. The van der Waals surface area contributed by atoms with E-state index in [0.717, 1.165) is 12.5 Å². The van der Waals surface area contributed by atoms with Gasteiger partial charge in [-0.3, -0.25) is 4.79 Å². The molecule has 1 aromatic carbocycles. The standard InChI is InChI=1S/C16H16O4/c1-4-20-16(19)14(12(3)17)15(18)11(2)10-13-8-6-5-7-9-13/h1,5-9,11,18H,10H2,2-3H3/p-1/b15-14+. The monoisotopic (exact) mass is 271 g/mol. The molecule has 0 aliphatic carbocycles. The zero-order valence-corrected chi connectivity index (χ0v) is 11.4. The lowest BCUT2D eigenvalue weighted by Gasteiger charge is -2.23. The summed E-state index contributed by atoms with van der Waals surface area (Å²) >= 11 is 0. The Morgan fingerprint density at radius 3 is 2.45 bits per heavy atom. The summed E-state index contributed by atoms with van der Waals surface area (Å²) in [4.78, 5) is 23.0.